The summed E-state index contributed by atoms with van der Waals surface area (Å²) in [6, 6.07) is 10.4. The Hall–Kier alpha value is -2.04. The number of hydrogen-bond donors (Lipinski definition) is 0. The van der Waals surface area contributed by atoms with Gasteiger partial charge < -0.3 is 14.7 Å². The molecule has 0 aromatic heterocycles. The fourth-order valence-electron chi connectivity index (χ4n) is 3.54. The highest BCUT2D eigenvalue weighted by atomic mass is 16.2. The zero-order valence-electron chi connectivity index (χ0n) is 13.8. The first-order chi connectivity index (χ1) is 11.2. The fraction of sp³-hybridized carbons (Fsp3) is 0.556. The standard InChI is InChI=1S/C18H25N3O2/c1-2-19-14-15(13-17(19)22)18(23)21-10-6-9-20(11-12-21)16-7-4-3-5-8-16/h3-5,7-8,15H,2,6,9-14H2,1H3/t15-/m1/s1. The number of para-hydroxylation sites is 1. The zero-order chi connectivity index (χ0) is 16.2. The Kier molecular flexibility index (Phi) is 4.84. The molecule has 1 aromatic carbocycles. The van der Waals surface area contributed by atoms with Crippen molar-refractivity contribution in [3.63, 3.8) is 0 Å². The monoisotopic (exact) mass is 315 g/mol. The molecule has 1 aromatic rings. The van der Waals surface area contributed by atoms with Gasteiger partial charge in [0.2, 0.25) is 11.8 Å². The van der Waals surface area contributed by atoms with Gasteiger partial charge in [-0.15, -0.1) is 0 Å². The van der Waals surface area contributed by atoms with Gasteiger partial charge in [0.25, 0.3) is 0 Å². The molecule has 0 unspecified atom stereocenters. The minimum atomic E-state index is -0.147. The summed E-state index contributed by atoms with van der Waals surface area (Å²) in [5.41, 5.74) is 1.22. The Labute approximate surface area is 137 Å². The summed E-state index contributed by atoms with van der Waals surface area (Å²) in [7, 11) is 0. The van der Waals surface area contributed by atoms with Crippen LogP contribution in [-0.2, 0) is 9.59 Å². The van der Waals surface area contributed by atoms with Gasteiger partial charge in [-0.25, -0.2) is 0 Å². The molecule has 0 aliphatic carbocycles. The summed E-state index contributed by atoms with van der Waals surface area (Å²) in [6.07, 6.45) is 1.35. The van der Waals surface area contributed by atoms with Crippen molar-refractivity contribution in [3.8, 4) is 0 Å². The van der Waals surface area contributed by atoms with E-state index in [0.717, 1.165) is 32.6 Å². The molecular formula is C18H25N3O2. The van der Waals surface area contributed by atoms with Crippen LogP contribution in [0.15, 0.2) is 30.3 Å². The van der Waals surface area contributed by atoms with Crippen molar-refractivity contribution in [3.05, 3.63) is 30.3 Å². The predicted octanol–water partition coefficient (Wildman–Crippen LogP) is 1.59. The molecule has 2 aliphatic rings. The normalized spacial score (nSPS) is 22.4. The largest absolute Gasteiger partial charge is 0.370 e. The van der Waals surface area contributed by atoms with Crippen LogP contribution in [0.3, 0.4) is 0 Å². The van der Waals surface area contributed by atoms with E-state index in [1.165, 1.54) is 5.69 Å². The SMILES string of the molecule is CCN1C[C@H](C(=O)N2CCCN(c3ccccc3)CC2)CC1=O. The molecule has 0 spiro atoms. The molecular weight excluding hydrogens is 290 g/mol. The molecule has 2 saturated heterocycles. The maximum Gasteiger partial charge on any atom is 0.228 e. The summed E-state index contributed by atoms with van der Waals surface area (Å²) < 4.78 is 0. The van der Waals surface area contributed by atoms with E-state index in [1.807, 2.05) is 30.0 Å². The van der Waals surface area contributed by atoms with Crippen LogP contribution >= 0.6 is 0 Å². The van der Waals surface area contributed by atoms with Crippen LogP contribution in [0.5, 0.6) is 0 Å². The number of carbonyl (C=O) groups is 2. The fourth-order valence-corrected chi connectivity index (χ4v) is 3.54. The molecule has 0 bridgehead atoms. The second-order valence-corrected chi connectivity index (χ2v) is 6.33. The Morgan fingerprint density at radius 3 is 2.61 bits per heavy atom. The number of carbonyl (C=O) groups excluding carboxylic acids is 2. The van der Waals surface area contributed by atoms with Gasteiger partial charge in [-0.1, -0.05) is 18.2 Å². The third-order valence-corrected chi connectivity index (χ3v) is 4.87. The average Bonchev–Trinajstić information content (AvgIpc) is 2.81. The van der Waals surface area contributed by atoms with Crippen molar-refractivity contribution in [1.82, 2.24) is 9.80 Å². The highest BCUT2D eigenvalue weighted by Crippen LogP contribution is 2.22. The van der Waals surface area contributed by atoms with Crippen LogP contribution in [0.4, 0.5) is 5.69 Å². The molecule has 23 heavy (non-hydrogen) atoms. The topological polar surface area (TPSA) is 43.9 Å². The van der Waals surface area contributed by atoms with Gasteiger partial charge in [0.1, 0.15) is 0 Å². The van der Waals surface area contributed by atoms with E-state index in [9.17, 15) is 9.59 Å². The first-order valence-electron chi connectivity index (χ1n) is 8.55. The highest BCUT2D eigenvalue weighted by Gasteiger charge is 2.36. The maximum atomic E-state index is 12.7. The summed E-state index contributed by atoms with van der Waals surface area (Å²) in [6.45, 7) is 6.61. The van der Waals surface area contributed by atoms with E-state index >= 15 is 0 Å². The van der Waals surface area contributed by atoms with Gasteiger partial charge in [0, 0.05) is 51.4 Å². The van der Waals surface area contributed by atoms with Gasteiger partial charge in [-0.2, -0.15) is 0 Å². The quantitative estimate of drug-likeness (QED) is 0.851. The average molecular weight is 315 g/mol. The molecule has 2 fully saturated rings. The van der Waals surface area contributed by atoms with E-state index in [0.29, 0.717) is 19.5 Å². The van der Waals surface area contributed by atoms with E-state index in [-0.39, 0.29) is 17.7 Å². The molecule has 3 rings (SSSR count). The van der Waals surface area contributed by atoms with Crippen LogP contribution in [0.25, 0.3) is 0 Å². The molecule has 124 valence electrons. The molecule has 5 nitrogen and oxygen atoms in total. The number of amides is 2. The van der Waals surface area contributed by atoms with Gasteiger partial charge >= 0.3 is 0 Å². The lowest BCUT2D eigenvalue weighted by molar-refractivity contribution is -0.135. The predicted molar refractivity (Wildman–Crippen MR) is 90.2 cm³/mol. The van der Waals surface area contributed by atoms with Crippen LogP contribution in [-0.4, -0.2) is 60.9 Å². The number of nitrogens with zero attached hydrogens (tertiary/aromatic N) is 3. The molecule has 1 atom stereocenters. The highest BCUT2D eigenvalue weighted by molar-refractivity contribution is 5.89. The number of anilines is 1. The van der Waals surface area contributed by atoms with Crippen molar-refractivity contribution >= 4 is 17.5 Å². The lowest BCUT2D eigenvalue weighted by Crippen LogP contribution is -2.40. The molecule has 5 heteroatoms. The maximum absolute atomic E-state index is 12.7. The molecule has 0 saturated carbocycles. The number of hydrogen-bond acceptors (Lipinski definition) is 3. The number of rotatable bonds is 3. The summed E-state index contributed by atoms with van der Waals surface area (Å²) in [4.78, 5) is 30.7. The third-order valence-electron chi connectivity index (χ3n) is 4.87. The van der Waals surface area contributed by atoms with Crippen molar-refractivity contribution in [2.24, 2.45) is 5.92 Å². The summed E-state index contributed by atoms with van der Waals surface area (Å²) in [5, 5.41) is 0. The number of benzene rings is 1. The van der Waals surface area contributed by atoms with E-state index in [2.05, 4.69) is 17.0 Å². The van der Waals surface area contributed by atoms with Crippen molar-refractivity contribution < 1.29 is 9.59 Å². The Morgan fingerprint density at radius 1 is 1.13 bits per heavy atom. The minimum Gasteiger partial charge on any atom is -0.370 e. The molecule has 0 radical (unpaired) electrons. The first kappa shape index (κ1) is 15.8. The van der Waals surface area contributed by atoms with Crippen LogP contribution < -0.4 is 4.90 Å². The third kappa shape index (κ3) is 3.49. The second kappa shape index (κ2) is 7.02. The molecule has 2 aliphatic heterocycles. The Morgan fingerprint density at radius 2 is 1.91 bits per heavy atom. The number of likely N-dealkylation sites (tertiary alicyclic amines) is 1. The first-order valence-corrected chi connectivity index (χ1v) is 8.55. The van der Waals surface area contributed by atoms with Gasteiger partial charge in [-0.05, 0) is 25.5 Å². The molecule has 0 N–H and O–H groups in total. The van der Waals surface area contributed by atoms with Gasteiger partial charge in [0.05, 0.1) is 5.92 Å². The van der Waals surface area contributed by atoms with Gasteiger partial charge in [0.15, 0.2) is 0 Å². The van der Waals surface area contributed by atoms with Crippen LogP contribution in [0, 0.1) is 5.92 Å². The van der Waals surface area contributed by atoms with Crippen molar-refractivity contribution in [2.45, 2.75) is 19.8 Å². The zero-order valence-corrected chi connectivity index (χ0v) is 13.8. The summed E-state index contributed by atoms with van der Waals surface area (Å²) in [5.74, 6) is 0.126. The Balaban J connectivity index is 1.60. The van der Waals surface area contributed by atoms with E-state index < -0.39 is 0 Å². The van der Waals surface area contributed by atoms with Crippen LogP contribution in [0.2, 0.25) is 0 Å². The van der Waals surface area contributed by atoms with E-state index in [4.69, 9.17) is 0 Å². The van der Waals surface area contributed by atoms with E-state index in [1.54, 1.807) is 4.90 Å². The van der Waals surface area contributed by atoms with Crippen LogP contribution in [0.1, 0.15) is 19.8 Å². The second-order valence-electron chi connectivity index (χ2n) is 6.33. The lowest BCUT2D eigenvalue weighted by Gasteiger charge is -2.25. The Bertz CT molecular complexity index is 561. The van der Waals surface area contributed by atoms with Crippen molar-refractivity contribution in [2.75, 3.05) is 44.2 Å². The minimum absolute atomic E-state index is 0.117. The van der Waals surface area contributed by atoms with Gasteiger partial charge in [-0.3, -0.25) is 9.59 Å². The van der Waals surface area contributed by atoms with Crippen molar-refractivity contribution in [1.29, 1.82) is 0 Å². The summed E-state index contributed by atoms with van der Waals surface area (Å²) >= 11 is 0. The lowest BCUT2D eigenvalue weighted by atomic mass is 10.1. The molecule has 2 heterocycles. The smallest absolute Gasteiger partial charge is 0.228 e. The molecule has 2 amide bonds.